The number of hydrogen-bond donors (Lipinski definition) is 1. The van der Waals surface area contributed by atoms with Gasteiger partial charge in [-0.3, -0.25) is 4.79 Å². The molecule has 1 fully saturated rings. The average molecular weight is 363 g/mol. The molecule has 1 saturated heterocycles. The van der Waals surface area contributed by atoms with Gasteiger partial charge in [-0.1, -0.05) is 11.6 Å². The van der Waals surface area contributed by atoms with Gasteiger partial charge in [0.2, 0.25) is 0 Å². The first-order chi connectivity index (χ1) is 11.6. The topological polar surface area (TPSA) is 45.5 Å². The number of Topliss-reactive ketones (excluding diaryl/α,β-unsaturated/α-hetero) is 1. The van der Waals surface area contributed by atoms with Gasteiger partial charge in [0.25, 0.3) is 0 Å². The number of furan rings is 1. The van der Waals surface area contributed by atoms with E-state index in [1.807, 2.05) is 12.1 Å². The van der Waals surface area contributed by atoms with E-state index < -0.39 is 0 Å². The Morgan fingerprint density at radius 1 is 1.25 bits per heavy atom. The molecule has 2 heterocycles. The number of ketones is 1. The van der Waals surface area contributed by atoms with Crippen molar-refractivity contribution in [2.24, 2.45) is 5.92 Å². The van der Waals surface area contributed by atoms with Crippen LogP contribution in [0.1, 0.15) is 29.0 Å². The standard InChI is InChI=1S/C18H19ClN2O2S/c19-15-5-3-13(4-6-15)17(22)14-7-9-21(10-8-14)18(24)20-12-16-2-1-11-23-16/h1-6,11,14H,7-10,12H2,(H,20,24). The first-order valence-corrected chi connectivity index (χ1v) is 8.77. The lowest BCUT2D eigenvalue weighted by atomic mass is 9.89. The molecule has 0 unspecified atom stereocenters. The Hall–Kier alpha value is -1.85. The molecule has 0 atom stereocenters. The maximum Gasteiger partial charge on any atom is 0.169 e. The third-order valence-electron chi connectivity index (χ3n) is 4.28. The Bertz CT molecular complexity index is 692. The van der Waals surface area contributed by atoms with E-state index in [1.54, 1.807) is 30.5 Å². The predicted octanol–water partition coefficient (Wildman–Crippen LogP) is 3.90. The molecule has 2 aromatic rings. The summed E-state index contributed by atoms with van der Waals surface area (Å²) in [5.41, 5.74) is 0.733. The molecule has 126 valence electrons. The molecule has 0 bridgehead atoms. The fourth-order valence-corrected chi connectivity index (χ4v) is 3.26. The van der Waals surface area contributed by atoms with Gasteiger partial charge in [0, 0.05) is 29.6 Å². The first-order valence-electron chi connectivity index (χ1n) is 7.98. The lowest BCUT2D eigenvalue weighted by Crippen LogP contribution is -2.45. The molecular formula is C18H19ClN2O2S. The highest BCUT2D eigenvalue weighted by Crippen LogP contribution is 2.23. The van der Waals surface area contributed by atoms with E-state index in [9.17, 15) is 4.79 Å². The molecule has 0 saturated carbocycles. The van der Waals surface area contributed by atoms with Crippen LogP contribution in [0.3, 0.4) is 0 Å². The van der Waals surface area contributed by atoms with Crippen LogP contribution in [-0.2, 0) is 6.54 Å². The molecule has 0 aliphatic carbocycles. The van der Waals surface area contributed by atoms with Crippen LogP contribution < -0.4 is 5.32 Å². The van der Waals surface area contributed by atoms with Gasteiger partial charge in [0.15, 0.2) is 10.9 Å². The van der Waals surface area contributed by atoms with Gasteiger partial charge in [-0.15, -0.1) is 0 Å². The average Bonchev–Trinajstić information content (AvgIpc) is 3.13. The summed E-state index contributed by atoms with van der Waals surface area (Å²) in [5, 5.41) is 4.56. The SMILES string of the molecule is O=C(c1ccc(Cl)cc1)C1CCN(C(=S)NCc2ccco2)CC1. The summed E-state index contributed by atoms with van der Waals surface area (Å²) in [6.45, 7) is 2.15. The zero-order valence-electron chi connectivity index (χ0n) is 13.2. The fraction of sp³-hybridized carbons (Fsp3) is 0.333. The summed E-state index contributed by atoms with van der Waals surface area (Å²) in [6.07, 6.45) is 3.27. The lowest BCUT2D eigenvalue weighted by Gasteiger charge is -2.33. The quantitative estimate of drug-likeness (QED) is 0.660. The van der Waals surface area contributed by atoms with Crippen molar-refractivity contribution in [1.29, 1.82) is 0 Å². The van der Waals surface area contributed by atoms with E-state index in [1.165, 1.54) is 0 Å². The minimum Gasteiger partial charge on any atom is -0.467 e. The minimum absolute atomic E-state index is 0.0512. The van der Waals surface area contributed by atoms with Crippen molar-refractivity contribution >= 4 is 34.7 Å². The number of carbonyl (C=O) groups is 1. The fourth-order valence-electron chi connectivity index (χ4n) is 2.88. The summed E-state index contributed by atoms with van der Waals surface area (Å²) in [7, 11) is 0. The van der Waals surface area contributed by atoms with Crippen LogP contribution in [0.25, 0.3) is 0 Å². The number of nitrogens with zero attached hydrogens (tertiary/aromatic N) is 1. The van der Waals surface area contributed by atoms with Crippen LogP contribution in [0, 0.1) is 5.92 Å². The van der Waals surface area contributed by atoms with E-state index in [-0.39, 0.29) is 11.7 Å². The summed E-state index contributed by atoms with van der Waals surface area (Å²) in [5.74, 6) is 1.10. The van der Waals surface area contributed by atoms with Gasteiger partial charge in [-0.2, -0.15) is 0 Å². The normalized spacial score (nSPS) is 15.3. The number of benzene rings is 1. The number of piperidine rings is 1. The van der Waals surface area contributed by atoms with Crippen LogP contribution in [-0.4, -0.2) is 28.9 Å². The molecule has 0 spiro atoms. The second-order valence-corrected chi connectivity index (χ2v) is 6.69. The van der Waals surface area contributed by atoms with E-state index in [0.29, 0.717) is 16.7 Å². The van der Waals surface area contributed by atoms with Crippen molar-refractivity contribution < 1.29 is 9.21 Å². The molecule has 1 aromatic heterocycles. The van der Waals surface area contributed by atoms with Crippen molar-refractivity contribution in [1.82, 2.24) is 10.2 Å². The predicted molar refractivity (Wildman–Crippen MR) is 98.2 cm³/mol. The molecule has 4 nitrogen and oxygen atoms in total. The summed E-state index contributed by atoms with van der Waals surface area (Å²) >= 11 is 11.3. The van der Waals surface area contributed by atoms with E-state index in [4.69, 9.17) is 28.2 Å². The molecule has 1 aliphatic heterocycles. The zero-order valence-corrected chi connectivity index (χ0v) is 14.8. The number of nitrogens with one attached hydrogen (secondary N) is 1. The highest BCUT2D eigenvalue weighted by Gasteiger charge is 2.26. The highest BCUT2D eigenvalue weighted by molar-refractivity contribution is 7.80. The summed E-state index contributed by atoms with van der Waals surface area (Å²) in [6, 6.07) is 10.9. The minimum atomic E-state index is 0.0512. The molecular weight excluding hydrogens is 344 g/mol. The Morgan fingerprint density at radius 3 is 2.58 bits per heavy atom. The van der Waals surface area contributed by atoms with Gasteiger partial charge in [-0.25, -0.2) is 0 Å². The molecule has 1 N–H and O–H groups in total. The van der Waals surface area contributed by atoms with Gasteiger partial charge >= 0.3 is 0 Å². The van der Waals surface area contributed by atoms with Crippen molar-refractivity contribution in [3.63, 3.8) is 0 Å². The van der Waals surface area contributed by atoms with Crippen LogP contribution in [0.2, 0.25) is 5.02 Å². The Balaban J connectivity index is 1.49. The number of thiocarbonyl (C=S) groups is 1. The maximum absolute atomic E-state index is 12.5. The van der Waals surface area contributed by atoms with Crippen LogP contribution in [0.5, 0.6) is 0 Å². The number of rotatable bonds is 4. The molecule has 1 aromatic carbocycles. The van der Waals surface area contributed by atoms with Crippen molar-refractivity contribution in [2.75, 3.05) is 13.1 Å². The highest BCUT2D eigenvalue weighted by atomic mass is 35.5. The van der Waals surface area contributed by atoms with E-state index in [2.05, 4.69) is 10.2 Å². The number of hydrogen-bond acceptors (Lipinski definition) is 3. The van der Waals surface area contributed by atoms with Crippen molar-refractivity contribution in [3.8, 4) is 0 Å². The molecule has 1 aliphatic rings. The smallest absolute Gasteiger partial charge is 0.169 e. The van der Waals surface area contributed by atoms with E-state index >= 15 is 0 Å². The largest absolute Gasteiger partial charge is 0.467 e. The van der Waals surface area contributed by atoms with Crippen LogP contribution in [0.15, 0.2) is 47.1 Å². The Kier molecular flexibility index (Phi) is 5.53. The van der Waals surface area contributed by atoms with Crippen molar-refractivity contribution in [2.45, 2.75) is 19.4 Å². The van der Waals surface area contributed by atoms with Crippen LogP contribution in [0.4, 0.5) is 0 Å². The van der Waals surface area contributed by atoms with Gasteiger partial charge in [-0.05, 0) is 61.5 Å². The van der Waals surface area contributed by atoms with Gasteiger partial charge in [0.1, 0.15) is 5.76 Å². The molecule has 6 heteroatoms. The van der Waals surface area contributed by atoms with Crippen molar-refractivity contribution in [3.05, 3.63) is 59.0 Å². The number of halogens is 1. The lowest BCUT2D eigenvalue weighted by molar-refractivity contribution is 0.0872. The van der Waals surface area contributed by atoms with Gasteiger partial charge < -0.3 is 14.6 Å². The maximum atomic E-state index is 12.5. The Morgan fingerprint density at radius 2 is 1.96 bits per heavy atom. The molecule has 3 rings (SSSR count). The molecule has 24 heavy (non-hydrogen) atoms. The zero-order chi connectivity index (χ0) is 16.9. The number of likely N-dealkylation sites (tertiary alicyclic amines) is 1. The number of carbonyl (C=O) groups excluding carboxylic acids is 1. The van der Waals surface area contributed by atoms with E-state index in [0.717, 1.165) is 37.3 Å². The molecule has 0 radical (unpaired) electrons. The van der Waals surface area contributed by atoms with Crippen LogP contribution >= 0.6 is 23.8 Å². The Labute approximate surface area is 151 Å². The summed E-state index contributed by atoms with van der Waals surface area (Å²) in [4.78, 5) is 14.7. The first kappa shape index (κ1) is 17.0. The second-order valence-electron chi connectivity index (χ2n) is 5.87. The van der Waals surface area contributed by atoms with Gasteiger partial charge in [0.05, 0.1) is 12.8 Å². The second kappa shape index (κ2) is 7.81. The third-order valence-corrected chi connectivity index (χ3v) is 4.93. The third kappa shape index (κ3) is 4.16. The summed E-state index contributed by atoms with van der Waals surface area (Å²) < 4.78 is 5.28. The molecule has 0 amide bonds. The monoisotopic (exact) mass is 362 g/mol.